The summed E-state index contributed by atoms with van der Waals surface area (Å²) in [5.74, 6) is 0.471. The van der Waals surface area contributed by atoms with E-state index in [0.29, 0.717) is 17.9 Å². The summed E-state index contributed by atoms with van der Waals surface area (Å²) in [7, 11) is 0. The van der Waals surface area contributed by atoms with Crippen LogP contribution in [0, 0.1) is 5.82 Å². The van der Waals surface area contributed by atoms with Gasteiger partial charge in [-0.15, -0.1) is 0 Å². The SMILES string of the molecule is CC(C)(C)OC(=O)Nc1ccc(F)cc1NC(=O)CCc1ccc2c(c1)OCO2. The second kappa shape index (κ2) is 8.38. The molecule has 0 saturated carbocycles. The van der Waals surface area contributed by atoms with Gasteiger partial charge in [0.25, 0.3) is 0 Å². The van der Waals surface area contributed by atoms with E-state index in [1.165, 1.54) is 12.1 Å². The average Bonchev–Trinajstić information content (AvgIpc) is 3.08. The molecule has 0 atom stereocenters. The quantitative estimate of drug-likeness (QED) is 0.771. The zero-order chi connectivity index (χ0) is 21.0. The number of halogens is 1. The van der Waals surface area contributed by atoms with Crippen LogP contribution in [-0.2, 0) is 16.0 Å². The van der Waals surface area contributed by atoms with Gasteiger partial charge in [-0.05, 0) is 63.1 Å². The number of amides is 2. The van der Waals surface area contributed by atoms with E-state index < -0.39 is 17.5 Å². The lowest BCUT2D eigenvalue weighted by molar-refractivity contribution is -0.116. The van der Waals surface area contributed by atoms with Crippen molar-refractivity contribution in [3.05, 3.63) is 47.8 Å². The van der Waals surface area contributed by atoms with Gasteiger partial charge in [-0.2, -0.15) is 0 Å². The van der Waals surface area contributed by atoms with Crippen LogP contribution in [0.5, 0.6) is 11.5 Å². The molecule has 2 N–H and O–H groups in total. The first-order chi connectivity index (χ1) is 13.7. The Balaban J connectivity index is 1.62. The second-order valence-electron chi connectivity index (χ2n) is 7.55. The number of nitrogens with one attached hydrogen (secondary N) is 2. The monoisotopic (exact) mass is 402 g/mol. The van der Waals surface area contributed by atoms with Gasteiger partial charge >= 0.3 is 6.09 Å². The highest BCUT2D eigenvalue weighted by Crippen LogP contribution is 2.33. The number of aryl methyl sites for hydroxylation is 1. The number of anilines is 2. The zero-order valence-corrected chi connectivity index (χ0v) is 16.5. The number of ether oxygens (including phenoxy) is 3. The fraction of sp³-hybridized carbons (Fsp3) is 0.333. The molecule has 2 aromatic carbocycles. The van der Waals surface area contributed by atoms with E-state index in [-0.39, 0.29) is 30.5 Å². The summed E-state index contributed by atoms with van der Waals surface area (Å²) in [6.07, 6.45) is -0.0609. The van der Waals surface area contributed by atoms with Crippen molar-refractivity contribution >= 4 is 23.4 Å². The number of carbonyl (C=O) groups is 2. The van der Waals surface area contributed by atoms with Crippen molar-refractivity contribution in [2.24, 2.45) is 0 Å². The summed E-state index contributed by atoms with van der Waals surface area (Å²) in [5, 5.41) is 5.17. The minimum absolute atomic E-state index is 0.159. The first-order valence-electron chi connectivity index (χ1n) is 9.17. The maximum Gasteiger partial charge on any atom is 0.412 e. The average molecular weight is 402 g/mol. The molecular weight excluding hydrogens is 379 g/mol. The zero-order valence-electron chi connectivity index (χ0n) is 16.5. The molecule has 2 amide bonds. The maximum absolute atomic E-state index is 13.7. The number of carbonyl (C=O) groups excluding carboxylic acids is 2. The molecule has 1 aliphatic rings. The van der Waals surface area contributed by atoms with Crippen LogP contribution in [-0.4, -0.2) is 24.4 Å². The van der Waals surface area contributed by atoms with Gasteiger partial charge < -0.3 is 19.5 Å². The van der Waals surface area contributed by atoms with Gasteiger partial charge in [-0.1, -0.05) is 6.07 Å². The molecule has 1 heterocycles. The molecule has 1 aliphatic heterocycles. The summed E-state index contributed by atoms with van der Waals surface area (Å²) in [6.45, 7) is 5.38. The van der Waals surface area contributed by atoms with Gasteiger partial charge in [0, 0.05) is 6.42 Å². The van der Waals surface area contributed by atoms with Crippen LogP contribution >= 0.6 is 0 Å². The topological polar surface area (TPSA) is 85.9 Å². The predicted molar refractivity (Wildman–Crippen MR) is 106 cm³/mol. The molecular formula is C21H23FN2O5. The number of hydrogen-bond acceptors (Lipinski definition) is 5. The molecule has 0 unspecified atom stereocenters. The highest BCUT2D eigenvalue weighted by Gasteiger charge is 2.18. The van der Waals surface area contributed by atoms with Crippen molar-refractivity contribution in [3.8, 4) is 11.5 Å². The van der Waals surface area contributed by atoms with Crippen molar-refractivity contribution in [3.63, 3.8) is 0 Å². The number of benzene rings is 2. The first kappa shape index (κ1) is 20.4. The largest absolute Gasteiger partial charge is 0.454 e. The van der Waals surface area contributed by atoms with E-state index in [4.69, 9.17) is 14.2 Å². The predicted octanol–water partition coefficient (Wildman–Crippen LogP) is 4.47. The Morgan fingerprint density at radius 2 is 1.79 bits per heavy atom. The van der Waals surface area contributed by atoms with Crippen LogP contribution in [0.3, 0.4) is 0 Å². The lowest BCUT2D eigenvalue weighted by Crippen LogP contribution is -2.27. The van der Waals surface area contributed by atoms with Crippen molar-refractivity contribution in [2.45, 2.75) is 39.2 Å². The molecule has 0 saturated heterocycles. The van der Waals surface area contributed by atoms with Crippen LogP contribution < -0.4 is 20.1 Å². The normalized spacial score (nSPS) is 12.4. The standard InChI is InChI=1S/C21H23FN2O5/c1-21(2,3)29-20(26)24-15-7-6-14(22)11-16(15)23-19(25)9-5-13-4-8-17-18(10-13)28-12-27-17/h4,6-8,10-11H,5,9,12H2,1-3H3,(H,23,25)(H,24,26). The van der Waals surface area contributed by atoms with Gasteiger partial charge in [-0.25, -0.2) is 9.18 Å². The Morgan fingerprint density at radius 3 is 2.55 bits per heavy atom. The van der Waals surface area contributed by atoms with Gasteiger partial charge in [0.2, 0.25) is 12.7 Å². The lowest BCUT2D eigenvalue weighted by atomic mass is 10.1. The van der Waals surface area contributed by atoms with E-state index in [2.05, 4.69) is 10.6 Å². The number of fused-ring (bicyclic) bond motifs is 1. The van der Waals surface area contributed by atoms with Crippen molar-refractivity contribution in [2.75, 3.05) is 17.4 Å². The number of hydrogen-bond donors (Lipinski definition) is 2. The third kappa shape index (κ3) is 5.84. The van der Waals surface area contributed by atoms with Gasteiger partial charge in [-0.3, -0.25) is 10.1 Å². The summed E-state index contributed by atoms with van der Waals surface area (Å²) >= 11 is 0. The molecule has 154 valence electrons. The molecule has 8 heteroatoms. The third-order valence-corrected chi connectivity index (χ3v) is 3.97. The van der Waals surface area contributed by atoms with Crippen LogP contribution in [0.25, 0.3) is 0 Å². The fourth-order valence-corrected chi connectivity index (χ4v) is 2.71. The molecule has 0 bridgehead atoms. The maximum atomic E-state index is 13.7. The molecule has 3 rings (SSSR count). The molecule has 0 aromatic heterocycles. The van der Waals surface area contributed by atoms with Crippen molar-refractivity contribution in [1.82, 2.24) is 0 Å². The molecule has 2 aromatic rings. The summed E-state index contributed by atoms with van der Waals surface area (Å²) < 4.78 is 29.4. The molecule has 7 nitrogen and oxygen atoms in total. The Bertz CT molecular complexity index is 924. The van der Waals surface area contributed by atoms with Gasteiger partial charge in [0.1, 0.15) is 11.4 Å². The van der Waals surface area contributed by atoms with Crippen LogP contribution in [0.1, 0.15) is 32.8 Å². The molecule has 29 heavy (non-hydrogen) atoms. The molecule has 0 aliphatic carbocycles. The Kier molecular flexibility index (Phi) is 5.91. The Morgan fingerprint density at radius 1 is 1.03 bits per heavy atom. The van der Waals surface area contributed by atoms with Crippen LogP contribution in [0.4, 0.5) is 20.6 Å². The fourth-order valence-electron chi connectivity index (χ4n) is 2.71. The lowest BCUT2D eigenvalue weighted by Gasteiger charge is -2.20. The van der Waals surface area contributed by atoms with E-state index in [1.807, 2.05) is 12.1 Å². The molecule has 0 radical (unpaired) electrons. The Hall–Kier alpha value is -3.29. The van der Waals surface area contributed by atoms with Gasteiger partial charge in [0.05, 0.1) is 11.4 Å². The minimum Gasteiger partial charge on any atom is -0.454 e. The Labute approximate surface area is 168 Å². The molecule has 0 spiro atoms. The number of rotatable bonds is 5. The molecule has 0 fully saturated rings. The first-order valence-corrected chi connectivity index (χ1v) is 9.17. The van der Waals surface area contributed by atoms with E-state index in [1.54, 1.807) is 26.8 Å². The van der Waals surface area contributed by atoms with Crippen molar-refractivity contribution < 1.29 is 28.2 Å². The smallest absolute Gasteiger partial charge is 0.412 e. The summed E-state index contributed by atoms with van der Waals surface area (Å²) in [4.78, 5) is 24.4. The third-order valence-electron chi connectivity index (χ3n) is 3.97. The van der Waals surface area contributed by atoms with Gasteiger partial charge in [0.15, 0.2) is 11.5 Å². The minimum atomic E-state index is -0.694. The summed E-state index contributed by atoms with van der Waals surface area (Å²) in [5.41, 5.74) is 0.636. The second-order valence-corrected chi connectivity index (χ2v) is 7.55. The van der Waals surface area contributed by atoms with Crippen molar-refractivity contribution in [1.29, 1.82) is 0 Å². The highest BCUT2D eigenvalue weighted by atomic mass is 19.1. The van der Waals surface area contributed by atoms with Crippen LogP contribution in [0.15, 0.2) is 36.4 Å². The summed E-state index contributed by atoms with van der Waals surface area (Å²) in [6, 6.07) is 9.18. The highest BCUT2D eigenvalue weighted by molar-refractivity contribution is 5.97. The van der Waals surface area contributed by atoms with E-state index in [9.17, 15) is 14.0 Å². The van der Waals surface area contributed by atoms with E-state index in [0.717, 1.165) is 11.6 Å². The van der Waals surface area contributed by atoms with E-state index >= 15 is 0 Å². The van der Waals surface area contributed by atoms with Crippen LogP contribution in [0.2, 0.25) is 0 Å².